The second kappa shape index (κ2) is 5.96. The number of pyridine rings is 1. The van der Waals surface area contributed by atoms with E-state index in [4.69, 9.17) is 0 Å². The molecule has 0 aromatic carbocycles. The van der Waals surface area contributed by atoms with Crippen molar-refractivity contribution < 1.29 is 4.79 Å². The number of piperidine rings is 1. The molecule has 1 aliphatic heterocycles. The number of carbonyl (C=O) groups is 1. The van der Waals surface area contributed by atoms with Gasteiger partial charge in [-0.3, -0.25) is 9.78 Å². The van der Waals surface area contributed by atoms with E-state index < -0.39 is 0 Å². The Kier molecular flexibility index (Phi) is 4.31. The molecule has 0 saturated carbocycles. The molecule has 98 valence electrons. The third-order valence-electron chi connectivity index (χ3n) is 3.26. The lowest BCUT2D eigenvalue weighted by atomic mass is 10.0. The van der Waals surface area contributed by atoms with E-state index in [0.29, 0.717) is 17.6 Å². The zero-order valence-corrected chi connectivity index (χ0v) is 11.1. The highest BCUT2D eigenvalue weighted by Gasteiger charge is 2.23. The monoisotopic (exact) mass is 247 g/mol. The number of hydrogen-bond acceptors (Lipinski definition) is 3. The van der Waals surface area contributed by atoms with Gasteiger partial charge in [0, 0.05) is 37.6 Å². The van der Waals surface area contributed by atoms with E-state index in [0.717, 1.165) is 25.9 Å². The fraction of sp³-hybridized carbons (Fsp3) is 0.571. The van der Waals surface area contributed by atoms with Gasteiger partial charge in [-0.2, -0.15) is 0 Å². The molecule has 1 aromatic rings. The van der Waals surface area contributed by atoms with Gasteiger partial charge in [-0.25, -0.2) is 0 Å². The Labute approximate surface area is 108 Å². The van der Waals surface area contributed by atoms with Crippen molar-refractivity contribution in [1.82, 2.24) is 15.2 Å². The normalized spacial score (nSPS) is 17.2. The summed E-state index contributed by atoms with van der Waals surface area (Å²) in [7, 11) is 0. The van der Waals surface area contributed by atoms with E-state index in [1.807, 2.05) is 11.0 Å². The summed E-state index contributed by atoms with van der Waals surface area (Å²) in [6.45, 7) is 5.98. The van der Waals surface area contributed by atoms with Crippen LogP contribution in [0.25, 0.3) is 0 Å². The molecule has 2 heterocycles. The maximum atomic E-state index is 12.2. The first-order valence-electron chi connectivity index (χ1n) is 6.62. The smallest absolute Gasteiger partial charge is 0.255 e. The molecule has 1 aromatic heterocycles. The largest absolute Gasteiger partial charge is 0.338 e. The summed E-state index contributed by atoms with van der Waals surface area (Å²) < 4.78 is 0. The molecule has 4 heteroatoms. The SMILES string of the molecule is CC(C)NC1CCN(C(=O)c2cccnc2)CC1. The third-order valence-corrected chi connectivity index (χ3v) is 3.26. The maximum Gasteiger partial charge on any atom is 0.255 e. The van der Waals surface area contributed by atoms with Crippen LogP contribution in [0, 0.1) is 0 Å². The average molecular weight is 247 g/mol. The zero-order valence-electron chi connectivity index (χ0n) is 11.1. The number of aromatic nitrogens is 1. The molecule has 0 aliphatic carbocycles. The van der Waals surface area contributed by atoms with Crippen LogP contribution in [-0.4, -0.2) is 41.0 Å². The first-order valence-corrected chi connectivity index (χ1v) is 6.62. The highest BCUT2D eigenvalue weighted by Crippen LogP contribution is 2.13. The topological polar surface area (TPSA) is 45.2 Å². The van der Waals surface area contributed by atoms with Gasteiger partial charge in [0.05, 0.1) is 5.56 Å². The van der Waals surface area contributed by atoms with Crippen molar-refractivity contribution in [3.63, 3.8) is 0 Å². The van der Waals surface area contributed by atoms with Crippen LogP contribution in [0.3, 0.4) is 0 Å². The molecular formula is C14H21N3O. The Hall–Kier alpha value is -1.42. The van der Waals surface area contributed by atoms with Crippen molar-refractivity contribution in [2.45, 2.75) is 38.8 Å². The summed E-state index contributed by atoms with van der Waals surface area (Å²) in [5.74, 6) is 0.103. The molecule has 1 saturated heterocycles. The summed E-state index contributed by atoms with van der Waals surface area (Å²) >= 11 is 0. The van der Waals surface area contributed by atoms with E-state index in [1.165, 1.54) is 0 Å². The summed E-state index contributed by atoms with van der Waals surface area (Å²) in [4.78, 5) is 18.1. The van der Waals surface area contributed by atoms with Gasteiger partial charge in [-0.15, -0.1) is 0 Å². The van der Waals surface area contributed by atoms with Crippen LogP contribution >= 0.6 is 0 Å². The van der Waals surface area contributed by atoms with Crippen molar-refractivity contribution in [2.24, 2.45) is 0 Å². The first kappa shape index (κ1) is 13.0. The van der Waals surface area contributed by atoms with Gasteiger partial charge in [0.1, 0.15) is 0 Å². The predicted molar refractivity (Wildman–Crippen MR) is 71.4 cm³/mol. The molecule has 0 unspecified atom stereocenters. The Bertz CT molecular complexity index is 383. The number of nitrogens with one attached hydrogen (secondary N) is 1. The fourth-order valence-electron chi connectivity index (χ4n) is 2.39. The lowest BCUT2D eigenvalue weighted by Gasteiger charge is -2.33. The van der Waals surface area contributed by atoms with Gasteiger partial charge in [-0.1, -0.05) is 13.8 Å². The average Bonchev–Trinajstić information content (AvgIpc) is 2.39. The minimum atomic E-state index is 0.103. The summed E-state index contributed by atoms with van der Waals surface area (Å²) in [5.41, 5.74) is 0.688. The van der Waals surface area contributed by atoms with Crippen LogP contribution in [0.4, 0.5) is 0 Å². The second-order valence-electron chi connectivity index (χ2n) is 5.13. The van der Waals surface area contributed by atoms with Crippen molar-refractivity contribution in [1.29, 1.82) is 0 Å². The fourth-order valence-corrected chi connectivity index (χ4v) is 2.39. The van der Waals surface area contributed by atoms with Crippen LogP contribution in [0.15, 0.2) is 24.5 Å². The van der Waals surface area contributed by atoms with Crippen LogP contribution < -0.4 is 5.32 Å². The van der Waals surface area contributed by atoms with Crippen molar-refractivity contribution in [3.05, 3.63) is 30.1 Å². The van der Waals surface area contributed by atoms with Crippen LogP contribution in [0.1, 0.15) is 37.0 Å². The van der Waals surface area contributed by atoms with Gasteiger partial charge in [0.15, 0.2) is 0 Å². The van der Waals surface area contributed by atoms with E-state index in [1.54, 1.807) is 18.5 Å². The molecule has 18 heavy (non-hydrogen) atoms. The molecule has 0 radical (unpaired) electrons. The highest BCUT2D eigenvalue weighted by molar-refractivity contribution is 5.93. The van der Waals surface area contributed by atoms with Crippen molar-refractivity contribution in [2.75, 3.05) is 13.1 Å². The molecule has 1 N–H and O–H groups in total. The van der Waals surface area contributed by atoms with E-state index in [-0.39, 0.29) is 5.91 Å². The van der Waals surface area contributed by atoms with Crippen molar-refractivity contribution in [3.8, 4) is 0 Å². The Morgan fingerprint density at radius 2 is 2.17 bits per heavy atom. The molecule has 4 nitrogen and oxygen atoms in total. The second-order valence-corrected chi connectivity index (χ2v) is 5.13. The molecule has 1 fully saturated rings. The summed E-state index contributed by atoms with van der Waals surface area (Å²) in [6, 6.07) is 4.69. The van der Waals surface area contributed by atoms with Crippen LogP contribution in [0.2, 0.25) is 0 Å². The van der Waals surface area contributed by atoms with Crippen LogP contribution in [0.5, 0.6) is 0 Å². The Balaban J connectivity index is 1.88. The van der Waals surface area contributed by atoms with Gasteiger partial charge < -0.3 is 10.2 Å². The molecule has 2 rings (SSSR count). The third kappa shape index (κ3) is 3.29. The van der Waals surface area contributed by atoms with Gasteiger partial charge in [0.25, 0.3) is 5.91 Å². The lowest BCUT2D eigenvalue weighted by Crippen LogP contribution is -2.46. The first-order chi connectivity index (χ1) is 8.66. The number of carbonyl (C=O) groups excluding carboxylic acids is 1. The number of rotatable bonds is 3. The van der Waals surface area contributed by atoms with Gasteiger partial charge >= 0.3 is 0 Å². The minimum Gasteiger partial charge on any atom is -0.338 e. The molecule has 1 aliphatic rings. The van der Waals surface area contributed by atoms with Crippen molar-refractivity contribution >= 4 is 5.91 Å². The zero-order chi connectivity index (χ0) is 13.0. The van der Waals surface area contributed by atoms with Crippen LogP contribution in [-0.2, 0) is 0 Å². The maximum absolute atomic E-state index is 12.2. The van der Waals surface area contributed by atoms with E-state index in [9.17, 15) is 4.79 Å². The number of nitrogens with zero attached hydrogens (tertiary/aromatic N) is 2. The molecule has 1 amide bonds. The predicted octanol–water partition coefficient (Wildman–Crippen LogP) is 1.68. The molecular weight excluding hydrogens is 226 g/mol. The lowest BCUT2D eigenvalue weighted by molar-refractivity contribution is 0.0702. The Morgan fingerprint density at radius 3 is 2.72 bits per heavy atom. The summed E-state index contributed by atoms with van der Waals surface area (Å²) in [5, 5.41) is 3.53. The van der Waals surface area contributed by atoms with E-state index >= 15 is 0 Å². The van der Waals surface area contributed by atoms with E-state index in [2.05, 4.69) is 24.1 Å². The standard InChI is InChI=1S/C14H21N3O/c1-11(2)16-13-5-8-17(9-6-13)14(18)12-4-3-7-15-10-12/h3-4,7,10-11,13,16H,5-6,8-9H2,1-2H3. The summed E-state index contributed by atoms with van der Waals surface area (Å²) in [6.07, 6.45) is 5.39. The number of amides is 1. The Morgan fingerprint density at radius 1 is 1.44 bits per heavy atom. The molecule has 0 atom stereocenters. The van der Waals surface area contributed by atoms with Gasteiger partial charge in [0.2, 0.25) is 0 Å². The molecule has 0 spiro atoms. The minimum absolute atomic E-state index is 0.103. The molecule has 0 bridgehead atoms. The highest BCUT2D eigenvalue weighted by atomic mass is 16.2. The number of likely N-dealkylation sites (tertiary alicyclic amines) is 1. The van der Waals surface area contributed by atoms with Gasteiger partial charge in [-0.05, 0) is 25.0 Å². The number of hydrogen-bond donors (Lipinski definition) is 1. The quantitative estimate of drug-likeness (QED) is 0.884.